The van der Waals surface area contributed by atoms with Crippen molar-refractivity contribution in [2.75, 3.05) is 18.8 Å². The normalized spacial score (nSPS) is 19.1. The average Bonchev–Trinajstić information content (AvgIpc) is 2.53. The monoisotopic (exact) mass is 345 g/mol. The predicted octanol–water partition coefficient (Wildman–Crippen LogP) is 3.95. The van der Waals surface area contributed by atoms with Gasteiger partial charge in [0.25, 0.3) is 5.91 Å². The van der Waals surface area contributed by atoms with E-state index in [0.29, 0.717) is 5.56 Å². The number of hydrogen-bond donors (Lipinski definition) is 0. The standard InChI is InChI=1S/C14H17BrFNOS/c1-14(2)6-7-17(8-9-19-14)13(18)10-4-3-5-11(16)12(10)15/h3-5H,6-9H2,1-2H3. The van der Waals surface area contributed by atoms with E-state index in [1.165, 1.54) is 6.07 Å². The number of amides is 1. The van der Waals surface area contributed by atoms with E-state index in [2.05, 4.69) is 29.8 Å². The van der Waals surface area contributed by atoms with Crippen molar-refractivity contribution < 1.29 is 9.18 Å². The molecule has 0 radical (unpaired) electrons. The van der Waals surface area contributed by atoms with E-state index in [0.717, 1.165) is 25.3 Å². The molecular formula is C14H17BrFNOS. The van der Waals surface area contributed by atoms with Crippen LogP contribution in [0.15, 0.2) is 22.7 Å². The highest BCUT2D eigenvalue weighted by Crippen LogP contribution is 2.31. The van der Waals surface area contributed by atoms with Crippen molar-refractivity contribution in [1.29, 1.82) is 0 Å². The van der Waals surface area contributed by atoms with Crippen LogP contribution in [0.25, 0.3) is 0 Å². The first-order chi connectivity index (χ1) is 8.91. The van der Waals surface area contributed by atoms with E-state index < -0.39 is 5.82 Å². The fourth-order valence-electron chi connectivity index (χ4n) is 2.06. The smallest absolute Gasteiger partial charge is 0.255 e. The molecule has 0 bridgehead atoms. The molecule has 1 fully saturated rings. The first-order valence-corrected chi connectivity index (χ1v) is 8.06. The second-order valence-corrected chi connectivity index (χ2v) is 7.85. The summed E-state index contributed by atoms with van der Waals surface area (Å²) in [6.45, 7) is 5.84. The second kappa shape index (κ2) is 5.83. The van der Waals surface area contributed by atoms with Gasteiger partial charge < -0.3 is 4.90 Å². The maximum Gasteiger partial charge on any atom is 0.255 e. The number of thioether (sulfide) groups is 1. The van der Waals surface area contributed by atoms with Crippen molar-refractivity contribution in [2.45, 2.75) is 25.0 Å². The molecule has 1 saturated heterocycles. The number of benzene rings is 1. The third kappa shape index (κ3) is 3.51. The second-order valence-electron chi connectivity index (χ2n) is 5.25. The van der Waals surface area contributed by atoms with Crippen molar-refractivity contribution in [2.24, 2.45) is 0 Å². The van der Waals surface area contributed by atoms with Gasteiger partial charge in [0.1, 0.15) is 5.82 Å². The summed E-state index contributed by atoms with van der Waals surface area (Å²) in [6, 6.07) is 4.59. The lowest BCUT2D eigenvalue weighted by atomic mass is 10.1. The Labute approximate surface area is 125 Å². The summed E-state index contributed by atoms with van der Waals surface area (Å²) in [6.07, 6.45) is 0.955. The molecular weight excluding hydrogens is 329 g/mol. The van der Waals surface area contributed by atoms with Gasteiger partial charge in [0, 0.05) is 23.6 Å². The van der Waals surface area contributed by atoms with E-state index in [-0.39, 0.29) is 15.1 Å². The minimum Gasteiger partial charge on any atom is -0.338 e. The SMILES string of the molecule is CC1(C)CCN(C(=O)c2cccc(F)c2Br)CCS1. The Morgan fingerprint density at radius 1 is 1.42 bits per heavy atom. The van der Waals surface area contributed by atoms with Crippen molar-refractivity contribution in [3.05, 3.63) is 34.1 Å². The van der Waals surface area contributed by atoms with Crippen molar-refractivity contribution in [3.63, 3.8) is 0 Å². The molecule has 1 aliphatic rings. The Balaban J connectivity index is 2.18. The number of nitrogens with zero attached hydrogens (tertiary/aromatic N) is 1. The van der Waals surface area contributed by atoms with Crippen LogP contribution in [-0.4, -0.2) is 34.4 Å². The summed E-state index contributed by atoms with van der Waals surface area (Å²) in [5.41, 5.74) is 0.407. The van der Waals surface area contributed by atoms with Gasteiger partial charge in [-0.1, -0.05) is 19.9 Å². The minimum atomic E-state index is -0.393. The van der Waals surface area contributed by atoms with Crippen LogP contribution in [0.2, 0.25) is 0 Å². The molecule has 0 unspecified atom stereocenters. The molecule has 0 aliphatic carbocycles. The molecule has 0 aromatic heterocycles. The van der Waals surface area contributed by atoms with Gasteiger partial charge in [-0.15, -0.1) is 0 Å². The van der Waals surface area contributed by atoms with Gasteiger partial charge in [0.15, 0.2) is 0 Å². The van der Waals surface area contributed by atoms with E-state index in [4.69, 9.17) is 0 Å². The van der Waals surface area contributed by atoms with Gasteiger partial charge >= 0.3 is 0 Å². The average molecular weight is 346 g/mol. The van der Waals surface area contributed by atoms with Crippen molar-refractivity contribution in [1.82, 2.24) is 4.90 Å². The van der Waals surface area contributed by atoms with Gasteiger partial charge in [-0.05, 0) is 34.5 Å². The maximum atomic E-state index is 13.5. The summed E-state index contributed by atoms with van der Waals surface area (Å²) in [5.74, 6) is 0.436. The minimum absolute atomic E-state index is 0.0929. The summed E-state index contributed by atoms with van der Waals surface area (Å²) in [7, 11) is 0. The first-order valence-electron chi connectivity index (χ1n) is 6.28. The molecule has 0 spiro atoms. The lowest BCUT2D eigenvalue weighted by Crippen LogP contribution is -2.34. The number of carbonyl (C=O) groups excluding carboxylic acids is 1. The van der Waals surface area contributed by atoms with Gasteiger partial charge in [0.05, 0.1) is 10.0 Å². The highest BCUT2D eigenvalue weighted by atomic mass is 79.9. The highest BCUT2D eigenvalue weighted by Gasteiger charge is 2.27. The summed E-state index contributed by atoms with van der Waals surface area (Å²) in [4.78, 5) is 14.3. The molecule has 5 heteroatoms. The fourth-order valence-corrected chi connectivity index (χ4v) is 3.60. The van der Waals surface area contributed by atoms with Crippen LogP contribution in [0.4, 0.5) is 4.39 Å². The number of rotatable bonds is 1. The third-order valence-corrected chi connectivity index (χ3v) is 5.49. The Morgan fingerprint density at radius 3 is 2.89 bits per heavy atom. The third-order valence-electron chi connectivity index (χ3n) is 3.31. The molecule has 2 rings (SSSR count). The predicted molar refractivity (Wildman–Crippen MR) is 81.2 cm³/mol. The van der Waals surface area contributed by atoms with Crippen LogP contribution in [0.5, 0.6) is 0 Å². The van der Waals surface area contributed by atoms with Crippen LogP contribution in [0.3, 0.4) is 0 Å². The number of hydrogen-bond acceptors (Lipinski definition) is 2. The lowest BCUT2D eigenvalue weighted by molar-refractivity contribution is 0.0763. The van der Waals surface area contributed by atoms with Gasteiger partial charge in [0.2, 0.25) is 0 Å². The van der Waals surface area contributed by atoms with Crippen LogP contribution in [0.1, 0.15) is 30.6 Å². The molecule has 0 atom stereocenters. The zero-order valence-electron chi connectivity index (χ0n) is 11.1. The van der Waals surface area contributed by atoms with Gasteiger partial charge in [-0.25, -0.2) is 4.39 Å². The maximum absolute atomic E-state index is 13.5. The van der Waals surface area contributed by atoms with Gasteiger partial charge in [-0.3, -0.25) is 4.79 Å². The van der Waals surface area contributed by atoms with E-state index in [9.17, 15) is 9.18 Å². The summed E-state index contributed by atoms with van der Waals surface area (Å²) in [5, 5.41) is 0. The number of carbonyl (C=O) groups is 1. The van der Waals surface area contributed by atoms with Gasteiger partial charge in [-0.2, -0.15) is 11.8 Å². The van der Waals surface area contributed by atoms with Crippen LogP contribution in [0, 0.1) is 5.82 Å². The largest absolute Gasteiger partial charge is 0.338 e. The first kappa shape index (κ1) is 14.9. The Hall–Kier alpha value is -0.550. The Bertz CT molecular complexity index is 492. The molecule has 0 saturated carbocycles. The molecule has 1 amide bonds. The van der Waals surface area contributed by atoms with Crippen LogP contribution < -0.4 is 0 Å². The topological polar surface area (TPSA) is 20.3 Å². The van der Waals surface area contributed by atoms with E-state index >= 15 is 0 Å². The molecule has 19 heavy (non-hydrogen) atoms. The molecule has 1 aromatic carbocycles. The quantitative estimate of drug-likeness (QED) is 0.768. The Morgan fingerprint density at radius 2 is 2.16 bits per heavy atom. The fraction of sp³-hybridized carbons (Fsp3) is 0.500. The highest BCUT2D eigenvalue weighted by molar-refractivity contribution is 9.10. The van der Waals surface area contributed by atoms with Crippen LogP contribution >= 0.6 is 27.7 Å². The molecule has 0 N–H and O–H groups in total. The Kier molecular flexibility index (Phi) is 4.56. The molecule has 104 valence electrons. The zero-order valence-corrected chi connectivity index (χ0v) is 13.5. The lowest BCUT2D eigenvalue weighted by Gasteiger charge is -2.23. The zero-order chi connectivity index (χ0) is 14.0. The molecule has 2 nitrogen and oxygen atoms in total. The van der Waals surface area contributed by atoms with Crippen molar-refractivity contribution in [3.8, 4) is 0 Å². The summed E-state index contributed by atoms with van der Waals surface area (Å²) < 4.78 is 14.0. The summed E-state index contributed by atoms with van der Waals surface area (Å²) >= 11 is 5.05. The van der Waals surface area contributed by atoms with E-state index in [1.54, 1.807) is 12.1 Å². The molecule has 1 aromatic rings. The van der Waals surface area contributed by atoms with Crippen LogP contribution in [-0.2, 0) is 0 Å². The molecule has 1 aliphatic heterocycles. The van der Waals surface area contributed by atoms with Crippen molar-refractivity contribution >= 4 is 33.6 Å². The van der Waals surface area contributed by atoms with E-state index in [1.807, 2.05) is 16.7 Å². The molecule has 1 heterocycles. The number of halogens is 2.